The molecule has 0 unspecified atom stereocenters. The zero-order valence-corrected chi connectivity index (χ0v) is 17.2. The van der Waals surface area contributed by atoms with Gasteiger partial charge in [0.25, 0.3) is 5.91 Å². The van der Waals surface area contributed by atoms with Gasteiger partial charge in [-0.15, -0.1) is 5.10 Å². The fourth-order valence-corrected chi connectivity index (χ4v) is 3.14. The summed E-state index contributed by atoms with van der Waals surface area (Å²) in [4.78, 5) is 12.7. The average molecular weight is 406 g/mol. The van der Waals surface area contributed by atoms with Crippen LogP contribution in [0.4, 0.5) is 5.82 Å². The number of anilines is 1. The minimum Gasteiger partial charge on any atom is -0.497 e. The molecule has 1 N–H and O–H groups in total. The van der Waals surface area contributed by atoms with E-state index >= 15 is 0 Å². The highest BCUT2D eigenvalue weighted by atomic mass is 16.5. The lowest BCUT2D eigenvalue weighted by Gasteiger charge is -2.11. The van der Waals surface area contributed by atoms with Gasteiger partial charge in [-0.2, -0.15) is 0 Å². The molecule has 0 aliphatic heterocycles. The SMILES string of the molecule is COc1ccc(-n2nc(NC(=O)c3cc(C)on3)c3c(OC(C)C)cccc32)cc1. The van der Waals surface area contributed by atoms with Gasteiger partial charge >= 0.3 is 0 Å². The molecule has 2 aromatic heterocycles. The highest BCUT2D eigenvalue weighted by Crippen LogP contribution is 2.35. The summed E-state index contributed by atoms with van der Waals surface area (Å²) in [5, 5.41) is 12.0. The maximum Gasteiger partial charge on any atom is 0.279 e. The first-order chi connectivity index (χ1) is 14.5. The monoisotopic (exact) mass is 406 g/mol. The number of carbonyl (C=O) groups is 1. The standard InChI is InChI=1S/C22H22N4O4/c1-13(2)29-19-7-5-6-18-20(19)21(23-22(27)17-12-14(3)30-25-17)24-26(18)15-8-10-16(28-4)11-9-15/h5-13H,1-4H3,(H,23,24,27). The Balaban J connectivity index is 1.83. The summed E-state index contributed by atoms with van der Waals surface area (Å²) in [6.45, 7) is 5.62. The molecule has 0 saturated heterocycles. The van der Waals surface area contributed by atoms with E-state index in [0.717, 1.165) is 17.0 Å². The van der Waals surface area contributed by atoms with Gasteiger partial charge in [-0.3, -0.25) is 4.79 Å². The second-order valence-corrected chi connectivity index (χ2v) is 7.05. The first-order valence-corrected chi connectivity index (χ1v) is 9.53. The molecule has 0 spiro atoms. The largest absolute Gasteiger partial charge is 0.497 e. The number of rotatable bonds is 6. The van der Waals surface area contributed by atoms with Crippen molar-refractivity contribution in [3.05, 3.63) is 60.0 Å². The normalized spacial score (nSPS) is 11.1. The van der Waals surface area contributed by atoms with Gasteiger partial charge in [0.2, 0.25) is 0 Å². The zero-order chi connectivity index (χ0) is 21.3. The molecule has 0 radical (unpaired) electrons. The van der Waals surface area contributed by atoms with Gasteiger partial charge in [0.15, 0.2) is 11.5 Å². The van der Waals surface area contributed by atoms with Crippen molar-refractivity contribution in [3.63, 3.8) is 0 Å². The van der Waals surface area contributed by atoms with E-state index in [-0.39, 0.29) is 11.8 Å². The van der Waals surface area contributed by atoms with Crippen molar-refractivity contribution < 1.29 is 18.8 Å². The summed E-state index contributed by atoms with van der Waals surface area (Å²) in [5.74, 6) is 1.90. The van der Waals surface area contributed by atoms with Crippen molar-refractivity contribution in [2.75, 3.05) is 12.4 Å². The number of ether oxygens (including phenoxy) is 2. The van der Waals surface area contributed by atoms with Crippen LogP contribution in [0.25, 0.3) is 16.6 Å². The molecule has 8 nitrogen and oxygen atoms in total. The molecule has 154 valence electrons. The lowest BCUT2D eigenvalue weighted by Crippen LogP contribution is -2.13. The number of nitrogens with zero attached hydrogens (tertiary/aromatic N) is 3. The topological polar surface area (TPSA) is 91.4 Å². The second kappa shape index (κ2) is 7.90. The van der Waals surface area contributed by atoms with Gasteiger partial charge in [-0.25, -0.2) is 4.68 Å². The molecular weight excluding hydrogens is 384 g/mol. The Bertz CT molecular complexity index is 1190. The van der Waals surface area contributed by atoms with E-state index in [4.69, 9.17) is 14.0 Å². The molecule has 1 amide bonds. The summed E-state index contributed by atoms with van der Waals surface area (Å²) < 4.78 is 18.0. The van der Waals surface area contributed by atoms with Crippen molar-refractivity contribution in [1.29, 1.82) is 0 Å². The van der Waals surface area contributed by atoms with Crippen molar-refractivity contribution in [1.82, 2.24) is 14.9 Å². The van der Waals surface area contributed by atoms with E-state index in [0.29, 0.717) is 22.7 Å². The minimum absolute atomic E-state index is 0.0401. The summed E-state index contributed by atoms with van der Waals surface area (Å²) in [6, 6.07) is 14.8. The van der Waals surface area contributed by atoms with E-state index in [1.807, 2.05) is 56.3 Å². The third-order valence-corrected chi connectivity index (χ3v) is 4.44. The van der Waals surface area contributed by atoms with Crippen LogP contribution in [-0.2, 0) is 0 Å². The van der Waals surface area contributed by atoms with Crippen LogP contribution in [0.15, 0.2) is 53.1 Å². The molecule has 0 saturated carbocycles. The Labute approximate surface area is 173 Å². The molecule has 0 atom stereocenters. The van der Waals surface area contributed by atoms with Crippen LogP contribution in [-0.4, -0.2) is 34.1 Å². The maximum absolute atomic E-state index is 12.7. The van der Waals surface area contributed by atoms with E-state index in [1.54, 1.807) is 24.8 Å². The predicted molar refractivity (Wildman–Crippen MR) is 113 cm³/mol. The van der Waals surface area contributed by atoms with Crippen LogP contribution in [0.5, 0.6) is 11.5 Å². The second-order valence-electron chi connectivity index (χ2n) is 7.05. The van der Waals surface area contributed by atoms with Gasteiger partial charge in [-0.1, -0.05) is 11.2 Å². The Morgan fingerprint density at radius 2 is 1.93 bits per heavy atom. The number of nitrogens with one attached hydrogen (secondary N) is 1. The molecule has 2 heterocycles. The predicted octanol–water partition coefficient (Wildman–Crippen LogP) is 4.37. The van der Waals surface area contributed by atoms with Gasteiger partial charge < -0.3 is 19.3 Å². The quantitative estimate of drug-likeness (QED) is 0.511. The lowest BCUT2D eigenvalue weighted by atomic mass is 10.2. The van der Waals surface area contributed by atoms with Gasteiger partial charge in [0.1, 0.15) is 17.3 Å². The Morgan fingerprint density at radius 3 is 2.57 bits per heavy atom. The molecular formula is C22H22N4O4. The van der Waals surface area contributed by atoms with Crippen LogP contribution >= 0.6 is 0 Å². The zero-order valence-electron chi connectivity index (χ0n) is 17.2. The van der Waals surface area contributed by atoms with Crippen LogP contribution < -0.4 is 14.8 Å². The minimum atomic E-state index is -0.410. The highest BCUT2D eigenvalue weighted by Gasteiger charge is 2.20. The van der Waals surface area contributed by atoms with E-state index in [2.05, 4.69) is 15.6 Å². The number of methoxy groups -OCH3 is 1. The van der Waals surface area contributed by atoms with E-state index in [1.165, 1.54) is 0 Å². The number of fused-ring (bicyclic) bond motifs is 1. The van der Waals surface area contributed by atoms with Crippen LogP contribution in [0.1, 0.15) is 30.1 Å². The lowest BCUT2D eigenvalue weighted by molar-refractivity contribution is 0.101. The summed E-state index contributed by atoms with van der Waals surface area (Å²) >= 11 is 0. The molecule has 0 aliphatic carbocycles. The van der Waals surface area contributed by atoms with Gasteiger partial charge in [0, 0.05) is 6.07 Å². The summed E-state index contributed by atoms with van der Waals surface area (Å²) in [5.41, 5.74) is 1.80. The molecule has 4 aromatic rings. The van der Waals surface area contributed by atoms with Crippen LogP contribution in [0.2, 0.25) is 0 Å². The first-order valence-electron chi connectivity index (χ1n) is 9.53. The molecule has 4 rings (SSSR count). The molecule has 30 heavy (non-hydrogen) atoms. The smallest absolute Gasteiger partial charge is 0.279 e. The molecule has 0 aliphatic rings. The third-order valence-electron chi connectivity index (χ3n) is 4.44. The van der Waals surface area contributed by atoms with Crippen molar-refractivity contribution in [3.8, 4) is 17.2 Å². The number of amides is 1. The number of carbonyl (C=O) groups excluding carboxylic acids is 1. The van der Waals surface area contributed by atoms with Crippen molar-refractivity contribution in [2.45, 2.75) is 26.9 Å². The summed E-state index contributed by atoms with van der Waals surface area (Å²) in [6.07, 6.45) is -0.0401. The Morgan fingerprint density at radius 1 is 1.17 bits per heavy atom. The highest BCUT2D eigenvalue weighted by molar-refractivity contribution is 6.08. The number of benzene rings is 2. The number of aryl methyl sites for hydroxylation is 1. The maximum atomic E-state index is 12.7. The average Bonchev–Trinajstić information content (AvgIpc) is 3.32. The van der Waals surface area contributed by atoms with Crippen LogP contribution in [0, 0.1) is 6.92 Å². The summed E-state index contributed by atoms with van der Waals surface area (Å²) in [7, 11) is 1.62. The Hall–Kier alpha value is -3.81. The Kier molecular flexibility index (Phi) is 5.14. The fraction of sp³-hybridized carbons (Fsp3) is 0.227. The molecule has 0 bridgehead atoms. The molecule has 2 aromatic carbocycles. The van der Waals surface area contributed by atoms with Crippen LogP contribution in [0.3, 0.4) is 0 Å². The first kappa shape index (κ1) is 19.5. The van der Waals surface area contributed by atoms with E-state index in [9.17, 15) is 4.79 Å². The molecule has 0 fully saturated rings. The van der Waals surface area contributed by atoms with Crippen molar-refractivity contribution in [2.24, 2.45) is 0 Å². The molecule has 8 heteroatoms. The van der Waals surface area contributed by atoms with E-state index < -0.39 is 5.91 Å². The number of aromatic nitrogens is 3. The third kappa shape index (κ3) is 3.71. The number of hydrogen-bond acceptors (Lipinski definition) is 6. The number of hydrogen-bond donors (Lipinski definition) is 1. The van der Waals surface area contributed by atoms with Gasteiger partial charge in [0.05, 0.1) is 29.8 Å². The fourth-order valence-electron chi connectivity index (χ4n) is 3.14. The van der Waals surface area contributed by atoms with Crippen molar-refractivity contribution >= 4 is 22.6 Å². The van der Waals surface area contributed by atoms with Gasteiger partial charge in [-0.05, 0) is 57.2 Å².